The van der Waals surface area contributed by atoms with Crippen LogP contribution in [-0.2, 0) is 13.1 Å². The Morgan fingerprint density at radius 1 is 0.963 bits per heavy atom. The molecule has 1 saturated heterocycles. The zero-order valence-corrected chi connectivity index (χ0v) is 15.6. The minimum atomic E-state index is 0.150. The molecule has 2 aromatic carbocycles. The number of hydrogen-bond acceptors (Lipinski definition) is 3. The van der Waals surface area contributed by atoms with Crippen molar-refractivity contribution >= 4 is 10.8 Å². The number of hydrogen-bond donors (Lipinski definition) is 0. The van der Waals surface area contributed by atoms with Crippen LogP contribution in [0, 0.1) is 5.92 Å². The molecule has 0 N–H and O–H groups in total. The largest absolute Gasteiger partial charge is 0.496 e. The van der Waals surface area contributed by atoms with Gasteiger partial charge in [-0.15, -0.1) is 0 Å². The van der Waals surface area contributed by atoms with Gasteiger partial charge in [0.05, 0.1) is 7.11 Å². The van der Waals surface area contributed by atoms with Gasteiger partial charge in [0.25, 0.3) is 5.56 Å². The van der Waals surface area contributed by atoms with Crippen molar-refractivity contribution in [3.8, 4) is 5.75 Å². The van der Waals surface area contributed by atoms with Crippen LogP contribution in [0.1, 0.15) is 23.6 Å². The number of pyridine rings is 1. The highest BCUT2D eigenvalue weighted by atomic mass is 16.5. The summed E-state index contributed by atoms with van der Waals surface area (Å²) in [5.41, 5.74) is 2.71. The normalized spacial score (nSPS) is 21.8. The van der Waals surface area contributed by atoms with E-state index in [1.165, 1.54) is 28.5 Å². The smallest absolute Gasteiger partial charge is 0.250 e. The van der Waals surface area contributed by atoms with E-state index >= 15 is 0 Å². The number of rotatable bonds is 3. The Kier molecular flexibility index (Phi) is 4.01. The summed E-state index contributed by atoms with van der Waals surface area (Å²) >= 11 is 0. The van der Waals surface area contributed by atoms with Gasteiger partial charge in [-0.1, -0.05) is 36.4 Å². The number of nitrogens with zero attached hydrogens (tertiary/aromatic N) is 2. The van der Waals surface area contributed by atoms with Crippen LogP contribution in [0.3, 0.4) is 0 Å². The molecule has 2 unspecified atom stereocenters. The summed E-state index contributed by atoms with van der Waals surface area (Å²) in [6.45, 7) is 3.86. The quantitative estimate of drug-likeness (QED) is 0.715. The molecule has 1 aromatic heterocycles. The maximum atomic E-state index is 12.2. The van der Waals surface area contributed by atoms with Crippen LogP contribution >= 0.6 is 0 Å². The summed E-state index contributed by atoms with van der Waals surface area (Å²) in [6, 6.07) is 18.5. The SMILES string of the molecule is COc1ccc(CN2CC3CC(C2)c2cccc(=O)n2C3)c2ccccc12. The molecule has 0 radical (unpaired) electrons. The number of aromatic nitrogens is 1. The maximum absolute atomic E-state index is 12.2. The Balaban J connectivity index is 1.45. The fourth-order valence-electron chi connectivity index (χ4n) is 5.02. The van der Waals surface area contributed by atoms with Crippen molar-refractivity contribution in [3.63, 3.8) is 0 Å². The molecular weight excluding hydrogens is 336 g/mol. The first-order valence-corrected chi connectivity index (χ1v) is 9.69. The summed E-state index contributed by atoms with van der Waals surface area (Å²) in [5.74, 6) is 1.94. The van der Waals surface area contributed by atoms with E-state index in [1.54, 1.807) is 13.2 Å². The second-order valence-corrected chi connectivity index (χ2v) is 7.86. The molecule has 1 fully saturated rings. The van der Waals surface area contributed by atoms with Crippen LogP contribution in [0.2, 0.25) is 0 Å². The van der Waals surface area contributed by atoms with Crippen molar-refractivity contribution in [2.45, 2.75) is 25.4 Å². The molecule has 0 saturated carbocycles. The van der Waals surface area contributed by atoms with Gasteiger partial charge in [-0.3, -0.25) is 9.69 Å². The topological polar surface area (TPSA) is 34.5 Å². The summed E-state index contributed by atoms with van der Waals surface area (Å²) in [4.78, 5) is 14.8. The van der Waals surface area contributed by atoms with Gasteiger partial charge in [0, 0.05) is 49.2 Å². The van der Waals surface area contributed by atoms with Crippen molar-refractivity contribution in [1.82, 2.24) is 9.47 Å². The first-order valence-electron chi connectivity index (χ1n) is 9.69. The molecule has 2 aliphatic rings. The predicted molar refractivity (Wildman–Crippen MR) is 107 cm³/mol. The highest BCUT2D eigenvalue weighted by molar-refractivity contribution is 5.91. The predicted octanol–water partition coefficient (Wildman–Crippen LogP) is 3.63. The second kappa shape index (κ2) is 6.54. The van der Waals surface area contributed by atoms with Crippen LogP contribution in [0.25, 0.3) is 10.8 Å². The van der Waals surface area contributed by atoms with Crippen molar-refractivity contribution in [3.05, 3.63) is 76.2 Å². The number of ether oxygens (including phenoxy) is 1. The van der Waals surface area contributed by atoms with Crippen molar-refractivity contribution in [1.29, 1.82) is 0 Å². The molecule has 3 heterocycles. The van der Waals surface area contributed by atoms with Gasteiger partial charge in [-0.2, -0.15) is 0 Å². The van der Waals surface area contributed by atoms with E-state index in [0.717, 1.165) is 31.9 Å². The van der Waals surface area contributed by atoms with E-state index in [1.807, 2.05) is 10.6 Å². The molecule has 4 nitrogen and oxygen atoms in total. The van der Waals surface area contributed by atoms with Crippen LogP contribution in [0.4, 0.5) is 0 Å². The fourth-order valence-corrected chi connectivity index (χ4v) is 5.02. The standard InChI is InChI=1S/C23H24N2O2/c1-27-22-10-9-17(19-5-2-3-6-20(19)22)14-24-12-16-11-18(15-24)21-7-4-8-23(26)25(21)13-16/h2-10,16,18H,11-15H2,1H3. The molecule has 138 valence electrons. The molecule has 0 spiro atoms. The third-order valence-electron chi connectivity index (χ3n) is 6.14. The second-order valence-electron chi connectivity index (χ2n) is 7.86. The zero-order valence-electron chi connectivity index (χ0n) is 15.6. The first kappa shape index (κ1) is 16.6. The van der Waals surface area contributed by atoms with Crippen LogP contribution < -0.4 is 10.3 Å². The molecule has 3 aromatic rings. The lowest BCUT2D eigenvalue weighted by Crippen LogP contribution is -2.46. The molecule has 2 aliphatic heterocycles. The van der Waals surface area contributed by atoms with Gasteiger partial charge < -0.3 is 9.30 Å². The number of benzene rings is 2. The van der Waals surface area contributed by atoms with Crippen molar-refractivity contribution in [2.24, 2.45) is 5.92 Å². The average Bonchev–Trinajstić information content (AvgIpc) is 2.69. The molecular formula is C23H24N2O2. The van der Waals surface area contributed by atoms with E-state index in [4.69, 9.17) is 4.74 Å². The van der Waals surface area contributed by atoms with Crippen molar-refractivity contribution < 1.29 is 4.74 Å². The Hall–Kier alpha value is -2.59. The van der Waals surface area contributed by atoms with E-state index < -0.39 is 0 Å². The van der Waals surface area contributed by atoms with Gasteiger partial charge >= 0.3 is 0 Å². The minimum Gasteiger partial charge on any atom is -0.496 e. The summed E-state index contributed by atoms with van der Waals surface area (Å²) in [5, 5.41) is 2.44. The molecule has 27 heavy (non-hydrogen) atoms. The molecule has 5 rings (SSSR count). The van der Waals surface area contributed by atoms with Crippen LogP contribution in [0.15, 0.2) is 59.4 Å². The van der Waals surface area contributed by atoms with E-state index in [2.05, 4.69) is 47.4 Å². The Bertz CT molecular complexity index is 1060. The average molecular weight is 360 g/mol. The zero-order chi connectivity index (χ0) is 18.4. The number of piperidine rings is 1. The number of methoxy groups -OCH3 is 1. The Labute approximate surface area is 159 Å². The van der Waals surface area contributed by atoms with Gasteiger partial charge in [0.1, 0.15) is 5.75 Å². The highest BCUT2D eigenvalue weighted by Gasteiger charge is 2.34. The van der Waals surface area contributed by atoms with Gasteiger partial charge in [-0.25, -0.2) is 0 Å². The number of fused-ring (bicyclic) bond motifs is 5. The number of likely N-dealkylation sites (tertiary alicyclic amines) is 1. The van der Waals surface area contributed by atoms with Crippen LogP contribution in [0.5, 0.6) is 5.75 Å². The molecule has 0 amide bonds. The van der Waals surface area contributed by atoms with Gasteiger partial charge in [0.15, 0.2) is 0 Å². The monoisotopic (exact) mass is 360 g/mol. The lowest BCUT2D eigenvalue weighted by atomic mass is 9.83. The lowest BCUT2D eigenvalue weighted by molar-refractivity contribution is 0.114. The Morgan fingerprint density at radius 2 is 1.81 bits per heavy atom. The summed E-state index contributed by atoms with van der Waals surface area (Å²) < 4.78 is 7.54. The van der Waals surface area contributed by atoms with Gasteiger partial charge in [0.2, 0.25) is 0 Å². The third-order valence-corrected chi connectivity index (χ3v) is 6.14. The van der Waals surface area contributed by atoms with E-state index in [9.17, 15) is 4.79 Å². The molecule has 0 aliphatic carbocycles. The Morgan fingerprint density at radius 3 is 2.67 bits per heavy atom. The maximum Gasteiger partial charge on any atom is 0.250 e. The molecule has 4 heteroatoms. The van der Waals surface area contributed by atoms with Crippen LogP contribution in [-0.4, -0.2) is 29.7 Å². The van der Waals surface area contributed by atoms with E-state index in [-0.39, 0.29) is 5.56 Å². The van der Waals surface area contributed by atoms with E-state index in [0.29, 0.717) is 11.8 Å². The third kappa shape index (κ3) is 2.85. The minimum absolute atomic E-state index is 0.150. The summed E-state index contributed by atoms with van der Waals surface area (Å²) in [7, 11) is 1.73. The fraction of sp³-hybridized carbons (Fsp3) is 0.348. The molecule has 2 bridgehead atoms. The van der Waals surface area contributed by atoms with Gasteiger partial charge in [-0.05, 0) is 35.4 Å². The first-order chi connectivity index (χ1) is 13.2. The lowest BCUT2D eigenvalue weighted by Gasteiger charge is -2.43. The summed E-state index contributed by atoms with van der Waals surface area (Å²) in [6.07, 6.45) is 1.20. The highest BCUT2D eigenvalue weighted by Crippen LogP contribution is 2.36. The molecule has 2 atom stereocenters. The van der Waals surface area contributed by atoms with Crippen molar-refractivity contribution in [2.75, 3.05) is 20.2 Å².